The molecule has 114 valence electrons. The zero-order valence-electron chi connectivity index (χ0n) is 12.0. The van der Waals surface area contributed by atoms with Crippen LogP contribution in [0, 0.1) is 5.41 Å². The standard InChI is InChI=1S/C16H19Cl2NO2/c1-16(2,11-17)14(20)15(19-9-3-4-10-19)21-13-7-5-12(18)6-8-13/h3-10,14-15,20H,11H2,1-2H3. The summed E-state index contributed by atoms with van der Waals surface area (Å²) in [5.74, 6) is 0.971. The van der Waals surface area contributed by atoms with Crippen LogP contribution in [0.25, 0.3) is 0 Å². The third-order valence-electron chi connectivity index (χ3n) is 3.41. The van der Waals surface area contributed by atoms with Gasteiger partial charge in [-0.05, 0) is 36.4 Å². The summed E-state index contributed by atoms with van der Waals surface area (Å²) in [5.41, 5.74) is -0.483. The van der Waals surface area contributed by atoms with E-state index in [1.54, 1.807) is 24.3 Å². The van der Waals surface area contributed by atoms with Gasteiger partial charge in [-0.2, -0.15) is 0 Å². The molecular weight excluding hydrogens is 309 g/mol. The predicted molar refractivity (Wildman–Crippen MR) is 86.1 cm³/mol. The van der Waals surface area contributed by atoms with E-state index in [-0.39, 0.29) is 0 Å². The van der Waals surface area contributed by atoms with E-state index >= 15 is 0 Å². The molecule has 0 aliphatic carbocycles. The normalized spacial score (nSPS) is 14.7. The Balaban J connectivity index is 2.27. The first-order valence-corrected chi connectivity index (χ1v) is 7.64. The highest BCUT2D eigenvalue weighted by Gasteiger charge is 2.36. The van der Waals surface area contributed by atoms with Crippen molar-refractivity contribution < 1.29 is 9.84 Å². The maximum Gasteiger partial charge on any atom is 0.202 e. The van der Waals surface area contributed by atoms with Gasteiger partial charge >= 0.3 is 0 Å². The Kier molecular flexibility index (Phi) is 5.20. The van der Waals surface area contributed by atoms with Crippen LogP contribution in [-0.2, 0) is 0 Å². The Hall–Kier alpha value is -1.16. The highest BCUT2D eigenvalue weighted by Crippen LogP contribution is 2.32. The lowest BCUT2D eigenvalue weighted by molar-refractivity contribution is -0.0660. The number of aliphatic hydroxyl groups is 1. The molecule has 1 heterocycles. The van der Waals surface area contributed by atoms with Crippen LogP contribution in [0.15, 0.2) is 48.8 Å². The van der Waals surface area contributed by atoms with Crippen molar-refractivity contribution >= 4 is 23.2 Å². The van der Waals surface area contributed by atoms with Crippen molar-refractivity contribution in [1.82, 2.24) is 4.57 Å². The van der Waals surface area contributed by atoms with Crippen LogP contribution in [0.4, 0.5) is 0 Å². The number of aliphatic hydroxyl groups excluding tert-OH is 1. The van der Waals surface area contributed by atoms with Crippen LogP contribution in [-0.4, -0.2) is 21.7 Å². The summed E-state index contributed by atoms with van der Waals surface area (Å²) in [6.45, 7) is 3.82. The van der Waals surface area contributed by atoms with Gasteiger partial charge in [0.1, 0.15) is 11.9 Å². The minimum absolute atomic E-state index is 0.329. The third kappa shape index (κ3) is 3.94. The van der Waals surface area contributed by atoms with E-state index in [0.717, 1.165) is 0 Å². The summed E-state index contributed by atoms with van der Waals surface area (Å²) in [4.78, 5) is 0. The summed E-state index contributed by atoms with van der Waals surface area (Å²) >= 11 is 11.9. The maximum absolute atomic E-state index is 10.7. The Labute approximate surface area is 135 Å². The molecule has 0 saturated carbocycles. The number of nitrogens with zero attached hydrogens (tertiary/aromatic N) is 1. The molecule has 1 aromatic carbocycles. The average Bonchev–Trinajstić information content (AvgIpc) is 3.00. The molecule has 0 fully saturated rings. The zero-order valence-corrected chi connectivity index (χ0v) is 13.6. The van der Waals surface area contributed by atoms with Gasteiger partial charge in [0.15, 0.2) is 0 Å². The lowest BCUT2D eigenvalue weighted by atomic mass is 9.87. The molecule has 21 heavy (non-hydrogen) atoms. The summed E-state index contributed by atoms with van der Waals surface area (Å²) in [6.07, 6.45) is 2.38. The molecule has 3 nitrogen and oxygen atoms in total. The molecular formula is C16H19Cl2NO2. The van der Waals surface area contributed by atoms with Crippen LogP contribution in [0.5, 0.6) is 5.75 Å². The Morgan fingerprint density at radius 2 is 1.76 bits per heavy atom. The molecule has 5 heteroatoms. The van der Waals surface area contributed by atoms with E-state index in [9.17, 15) is 5.11 Å². The van der Waals surface area contributed by atoms with Crippen molar-refractivity contribution in [2.75, 3.05) is 5.88 Å². The average molecular weight is 328 g/mol. The van der Waals surface area contributed by atoms with Gasteiger partial charge in [-0.25, -0.2) is 0 Å². The SMILES string of the molecule is CC(C)(CCl)C(O)C(Oc1ccc(Cl)cc1)n1cccc1. The molecule has 2 rings (SSSR count). The molecule has 2 aromatic rings. The van der Waals surface area contributed by atoms with Crippen molar-refractivity contribution in [1.29, 1.82) is 0 Å². The Morgan fingerprint density at radius 3 is 2.29 bits per heavy atom. The van der Waals surface area contributed by atoms with E-state index in [1.165, 1.54) is 0 Å². The molecule has 0 amide bonds. The molecule has 2 unspecified atom stereocenters. The fourth-order valence-corrected chi connectivity index (χ4v) is 2.21. The number of hydrogen-bond donors (Lipinski definition) is 1. The number of benzene rings is 1. The van der Waals surface area contributed by atoms with E-state index < -0.39 is 17.7 Å². The summed E-state index contributed by atoms with van der Waals surface area (Å²) in [5, 5.41) is 11.3. The molecule has 1 aromatic heterocycles. The number of ether oxygens (including phenoxy) is 1. The van der Waals surface area contributed by atoms with Gasteiger partial charge in [0, 0.05) is 28.7 Å². The maximum atomic E-state index is 10.7. The highest BCUT2D eigenvalue weighted by atomic mass is 35.5. The summed E-state index contributed by atoms with van der Waals surface area (Å²) in [6, 6.07) is 10.8. The highest BCUT2D eigenvalue weighted by molar-refractivity contribution is 6.30. The second-order valence-electron chi connectivity index (χ2n) is 5.66. The molecule has 0 radical (unpaired) electrons. The fourth-order valence-electron chi connectivity index (χ4n) is 1.92. The first kappa shape index (κ1) is 16.2. The topological polar surface area (TPSA) is 34.4 Å². The summed E-state index contributed by atoms with van der Waals surface area (Å²) in [7, 11) is 0. The van der Waals surface area contributed by atoms with E-state index in [2.05, 4.69) is 0 Å². The second kappa shape index (κ2) is 6.73. The minimum atomic E-state index is -0.766. The number of halogens is 2. The first-order chi connectivity index (χ1) is 9.94. The number of aromatic nitrogens is 1. The van der Waals surface area contributed by atoms with Crippen LogP contribution >= 0.6 is 23.2 Å². The van der Waals surface area contributed by atoms with Crippen molar-refractivity contribution in [3.8, 4) is 5.75 Å². The number of hydrogen-bond acceptors (Lipinski definition) is 2. The molecule has 0 saturated heterocycles. The van der Waals surface area contributed by atoms with Crippen molar-refractivity contribution in [2.45, 2.75) is 26.2 Å². The largest absolute Gasteiger partial charge is 0.467 e. The van der Waals surface area contributed by atoms with Crippen molar-refractivity contribution in [2.24, 2.45) is 5.41 Å². The van der Waals surface area contributed by atoms with Gasteiger partial charge in [0.2, 0.25) is 6.23 Å². The summed E-state index contributed by atoms with van der Waals surface area (Å²) < 4.78 is 7.79. The van der Waals surface area contributed by atoms with E-state index in [4.69, 9.17) is 27.9 Å². The number of alkyl halides is 1. The van der Waals surface area contributed by atoms with Gasteiger partial charge in [-0.15, -0.1) is 11.6 Å². The van der Waals surface area contributed by atoms with Gasteiger partial charge in [-0.1, -0.05) is 25.4 Å². The van der Waals surface area contributed by atoms with E-state index in [1.807, 2.05) is 42.9 Å². The second-order valence-corrected chi connectivity index (χ2v) is 6.36. The monoisotopic (exact) mass is 327 g/mol. The van der Waals surface area contributed by atoms with Gasteiger partial charge < -0.3 is 14.4 Å². The lowest BCUT2D eigenvalue weighted by Gasteiger charge is -2.35. The van der Waals surface area contributed by atoms with Crippen LogP contribution in [0.1, 0.15) is 20.1 Å². The van der Waals surface area contributed by atoms with Crippen LogP contribution in [0.3, 0.4) is 0 Å². The smallest absolute Gasteiger partial charge is 0.202 e. The van der Waals surface area contributed by atoms with Gasteiger partial charge in [0.05, 0.1) is 0 Å². The molecule has 1 N–H and O–H groups in total. The molecule has 0 aliphatic rings. The quantitative estimate of drug-likeness (QED) is 0.800. The minimum Gasteiger partial charge on any atom is -0.467 e. The van der Waals surface area contributed by atoms with Gasteiger partial charge in [-0.3, -0.25) is 0 Å². The van der Waals surface area contributed by atoms with Crippen molar-refractivity contribution in [3.05, 3.63) is 53.8 Å². The van der Waals surface area contributed by atoms with Crippen molar-refractivity contribution in [3.63, 3.8) is 0 Å². The Bertz CT molecular complexity index is 552. The molecule has 0 spiro atoms. The third-order valence-corrected chi connectivity index (χ3v) is 4.35. The predicted octanol–water partition coefficient (Wildman–Crippen LogP) is 4.35. The van der Waals surface area contributed by atoms with Crippen LogP contribution < -0.4 is 4.74 Å². The molecule has 0 aliphatic heterocycles. The first-order valence-electron chi connectivity index (χ1n) is 6.73. The lowest BCUT2D eigenvalue weighted by Crippen LogP contribution is -2.41. The van der Waals surface area contributed by atoms with Gasteiger partial charge in [0.25, 0.3) is 0 Å². The molecule has 0 bridgehead atoms. The van der Waals surface area contributed by atoms with Crippen LogP contribution in [0.2, 0.25) is 5.02 Å². The van der Waals surface area contributed by atoms with E-state index in [0.29, 0.717) is 16.7 Å². The Morgan fingerprint density at radius 1 is 1.19 bits per heavy atom. The zero-order chi connectivity index (χ0) is 15.5. The number of rotatable bonds is 6. The molecule has 2 atom stereocenters. The fraction of sp³-hybridized carbons (Fsp3) is 0.375.